The van der Waals surface area contributed by atoms with Gasteiger partial charge in [0.2, 0.25) is 5.91 Å². The summed E-state index contributed by atoms with van der Waals surface area (Å²) in [6.07, 6.45) is 52.9. The zero-order chi connectivity index (χ0) is 45.7. The normalized spacial score (nSPS) is 14.0. The molecule has 1 amide bonds. The minimum atomic E-state index is -4.56. The molecule has 0 fully saturated rings. The first-order valence-electron chi connectivity index (χ1n) is 27.4. The summed E-state index contributed by atoms with van der Waals surface area (Å²) in [5, 5.41) is 13.9. The Kier molecular flexibility index (Phi) is 45.3. The lowest BCUT2D eigenvalue weighted by atomic mass is 10.0. The fourth-order valence-corrected chi connectivity index (χ4v) is 9.24. The van der Waals surface area contributed by atoms with E-state index in [1.165, 1.54) is 218 Å². The minimum absolute atomic E-state index is 0.0161. The molecule has 372 valence electrons. The van der Waals surface area contributed by atoms with Gasteiger partial charge in [-0.2, -0.15) is 0 Å². The van der Waals surface area contributed by atoms with Crippen molar-refractivity contribution in [3.63, 3.8) is 0 Å². The molecule has 9 heteroatoms. The van der Waals surface area contributed by atoms with Crippen molar-refractivity contribution in [2.75, 3.05) is 40.9 Å². The predicted molar refractivity (Wildman–Crippen MR) is 266 cm³/mol. The van der Waals surface area contributed by atoms with Gasteiger partial charge in [0.05, 0.1) is 39.9 Å². The summed E-state index contributed by atoms with van der Waals surface area (Å²) in [5.41, 5.74) is 0. The summed E-state index contributed by atoms with van der Waals surface area (Å²) in [4.78, 5) is 25.4. The molecular weight excluding hydrogens is 792 g/mol. The molecule has 0 aromatic heterocycles. The summed E-state index contributed by atoms with van der Waals surface area (Å²) in [7, 11) is 1.32. The molecule has 0 bridgehead atoms. The first-order valence-corrected chi connectivity index (χ1v) is 28.8. The lowest BCUT2D eigenvalue weighted by Gasteiger charge is -2.30. The van der Waals surface area contributed by atoms with Crippen molar-refractivity contribution in [2.45, 2.75) is 296 Å². The number of carbonyl (C=O) groups excluding carboxylic acids is 1. The third-order valence-corrected chi connectivity index (χ3v) is 13.8. The smallest absolute Gasteiger partial charge is 0.268 e. The van der Waals surface area contributed by atoms with E-state index in [1.54, 1.807) is 0 Å². The van der Waals surface area contributed by atoms with Crippen LogP contribution in [0, 0.1) is 0 Å². The average molecular weight is 901 g/mol. The number of likely N-dealkylation sites (N-methyl/N-ethyl adjacent to an activating group) is 1. The van der Waals surface area contributed by atoms with Gasteiger partial charge < -0.3 is 28.8 Å². The summed E-state index contributed by atoms with van der Waals surface area (Å²) in [5.74, 6) is -0.159. The second-order valence-electron chi connectivity index (χ2n) is 20.3. The van der Waals surface area contributed by atoms with Crippen LogP contribution in [0.25, 0.3) is 0 Å². The van der Waals surface area contributed by atoms with Gasteiger partial charge in [-0.15, -0.1) is 0 Å². The lowest BCUT2D eigenvalue weighted by Crippen LogP contribution is -2.46. The Bertz CT molecular complexity index is 978. The maximum absolute atomic E-state index is 12.9. The molecule has 1 unspecified atom stereocenters. The van der Waals surface area contributed by atoms with Crippen molar-refractivity contribution in [2.24, 2.45) is 0 Å². The highest BCUT2D eigenvalue weighted by Gasteiger charge is 2.24. The van der Waals surface area contributed by atoms with Gasteiger partial charge in [0.25, 0.3) is 7.82 Å². The summed E-state index contributed by atoms with van der Waals surface area (Å²) < 4.78 is 23.3. The van der Waals surface area contributed by atoms with Crippen molar-refractivity contribution in [1.82, 2.24) is 5.32 Å². The zero-order valence-electron chi connectivity index (χ0n) is 42.4. The van der Waals surface area contributed by atoms with Crippen molar-refractivity contribution >= 4 is 13.7 Å². The predicted octanol–water partition coefficient (Wildman–Crippen LogP) is 15.5. The van der Waals surface area contributed by atoms with E-state index in [1.807, 2.05) is 21.1 Å². The molecule has 8 nitrogen and oxygen atoms in total. The number of hydrogen-bond acceptors (Lipinski definition) is 6. The molecule has 0 aliphatic carbocycles. The number of nitrogens with zero attached hydrogens (tertiary/aromatic N) is 1. The van der Waals surface area contributed by atoms with Crippen molar-refractivity contribution in [3.05, 3.63) is 0 Å². The Morgan fingerprint density at radius 3 is 1.10 bits per heavy atom. The molecule has 3 atom stereocenters. The van der Waals surface area contributed by atoms with Gasteiger partial charge in [0, 0.05) is 6.42 Å². The van der Waals surface area contributed by atoms with Crippen LogP contribution in [0.5, 0.6) is 0 Å². The van der Waals surface area contributed by atoms with Crippen LogP contribution < -0.4 is 10.2 Å². The molecular formula is C53H109N2O6P. The van der Waals surface area contributed by atoms with Crippen molar-refractivity contribution < 1.29 is 32.9 Å². The molecule has 0 aromatic rings. The van der Waals surface area contributed by atoms with E-state index in [0.29, 0.717) is 23.9 Å². The number of unbranched alkanes of at least 4 members (excludes halogenated alkanes) is 38. The maximum atomic E-state index is 12.9. The fourth-order valence-electron chi connectivity index (χ4n) is 8.51. The molecule has 0 aliphatic rings. The quantitative estimate of drug-likeness (QED) is 0.0358. The molecule has 2 N–H and O–H groups in total. The van der Waals surface area contributed by atoms with Crippen LogP contribution in [0.4, 0.5) is 0 Å². The van der Waals surface area contributed by atoms with E-state index < -0.39 is 20.0 Å². The zero-order valence-corrected chi connectivity index (χ0v) is 43.3. The average Bonchev–Trinajstić information content (AvgIpc) is 3.23. The summed E-state index contributed by atoms with van der Waals surface area (Å²) >= 11 is 0. The Balaban J connectivity index is 3.96. The van der Waals surface area contributed by atoms with Gasteiger partial charge in [-0.1, -0.05) is 264 Å². The van der Waals surface area contributed by atoms with Crippen LogP contribution in [-0.4, -0.2) is 68.5 Å². The van der Waals surface area contributed by atoms with E-state index in [-0.39, 0.29) is 19.1 Å². The topological polar surface area (TPSA) is 108 Å². The molecule has 0 heterocycles. The number of rotatable bonds is 51. The SMILES string of the molecule is CCCCCCCCCCCCCCCCCCCCCCCCCCCCCCCC(=O)N[C@@H](COP(=O)([O-])OCC[N+](C)(C)C)[C@H](O)CCCCCCCCCCCCC. The highest BCUT2D eigenvalue weighted by molar-refractivity contribution is 7.45. The molecule has 0 radical (unpaired) electrons. The van der Waals surface area contributed by atoms with E-state index in [2.05, 4.69) is 19.2 Å². The molecule has 0 spiro atoms. The number of phosphoric ester groups is 1. The number of phosphoric acid groups is 1. The fraction of sp³-hybridized carbons (Fsp3) is 0.981. The second kappa shape index (κ2) is 45.6. The molecule has 0 saturated heterocycles. The first-order chi connectivity index (χ1) is 30.0. The number of hydrogen-bond donors (Lipinski definition) is 2. The number of aliphatic hydroxyl groups excluding tert-OH is 1. The van der Waals surface area contributed by atoms with Crippen molar-refractivity contribution in [3.8, 4) is 0 Å². The number of carbonyl (C=O) groups is 1. The van der Waals surface area contributed by atoms with Crippen molar-refractivity contribution in [1.29, 1.82) is 0 Å². The van der Waals surface area contributed by atoms with E-state index in [0.717, 1.165) is 38.5 Å². The van der Waals surface area contributed by atoms with Crippen LogP contribution in [0.2, 0.25) is 0 Å². The monoisotopic (exact) mass is 901 g/mol. The van der Waals surface area contributed by atoms with Gasteiger partial charge in [-0.25, -0.2) is 0 Å². The number of nitrogens with one attached hydrogen (secondary N) is 1. The van der Waals surface area contributed by atoms with Crippen LogP contribution in [0.3, 0.4) is 0 Å². The molecule has 0 saturated carbocycles. The molecule has 62 heavy (non-hydrogen) atoms. The van der Waals surface area contributed by atoms with E-state index in [4.69, 9.17) is 9.05 Å². The first kappa shape index (κ1) is 61.5. The van der Waals surface area contributed by atoms with E-state index in [9.17, 15) is 19.4 Å². The van der Waals surface area contributed by atoms with Gasteiger partial charge in [-0.05, 0) is 12.8 Å². The van der Waals surface area contributed by atoms with Gasteiger partial charge in [0.1, 0.15) is 13.2 Å². The van der Waals surface area contributed by atoms with Crippen LogP contribution in [0.15, 0.2) is 0 Å². The van der Waals surface area contributed by atoms with Gasteiger partial charge in [-0.3, -0.25) is 9.36 Å². The highest BCUT2D eigenvalue weighted by atomic mass is 31.2. The minimum Gasteiger partial charge on any atom is -0.756 e. The number of quaternary nitrogens is 1. The Labute approximate surface area is 387 Å². The maximum Gasteiger partial charge on any atom is 0.268 e. The molecule has 0 aliphatic heterocycles. The van der Waals surface area contributed by atoms with Gasteiger partial charge in [0.15, 0.2) is 0 Å². The summed E-state index contributed by atoms with van der Waals surface area (Å²) in [6, 6.07) is -0.793. The highest BCUT2D eigenvalue weighted by Crippen LogP contribution is 2.38. The molecule has 0 aromatic carbocycles. The Hall–Kier alpha value is -0.500. The summed E-state index contributed by atoms with van der Waals surface area (Å²) in [6.45, 7) is 4.75. The van der Waals surface area contributed by atoms with Crippen LogP contribution in [0.1, 0.15) is 284 Å². The van der Waals surface area contributed by atoms with Crippen LogP contribution in [-0.2, 0) is 18.4 Å². The Morgan fingerprint density at radius 1 is 0.500 bits per heavy atom. The number of amides is 1. The standard InChI is InChI=1S/C53H109N2O6P/c1-6-8-10-12-14-16-18-19-20-21-22-23-24-25-26-27-28-29-30-31-32-33-34-35-37-39-41-43-45-47-53(57)54-51(50-61-62(58,59)60-49-48-55(3,4)5)52(56)46-44-42-40-38-36-17-15-13-11-9-7-2/h51-52,56H,6-50H2,1-5H3,(H-,54,57,58,59)/t51-,52+/m0/s1. The third kappa shape index (κ3) is 47.5. The van der Waals surface area contributed by atoms with E-state index >= 15 is 0 Å². The van der Waals surface area contributed by atoms with Gasteiger partial charge >= 0.3 is 0 Å². The lowest BCUT2D eigenvalue weighted by molar-refractivity contribution is -0.870. The third-order valence-electron chi connectivity index (χ3n) is 12.8. The van der Waals surface area contributed by atoms with Crippen LogP contribution >= 0.6 is 7.82 Å². The Morgan fingerprint density at radius 2 is 0.790 bits per heavy atom. The molecule has 0 rings (SSSR count). The second-order valence-corrected chi connectivity index (χ2v) is 21.7. The number of aliphatic hydroxyl groups is 1. The largest absolute Gasteiger partial charge is 0.756 e.